The van der Waals surface area contributed by atoms with Crippen molar-refractivity contribution in [1.82, 2.24) is 4.90 Å². The lowest BCUT2D eigenvalue weighted by atomic mass is 9.93. The van der Waals surface area contributed by atoms with Gasteiger partial charge in [-0.15, -0.1) is 11.8 Å². The van der Waals surface area contributed by atoms with Gasteiger partial charge in [-0.1, -0.05) is 27.7 Å². The molecule has 1 amide bonds. The number of rotatable bonds is 7. The Morgan fingerprint density at radius 1 is 1.33 bits per heavy atom. The van der Waals surface area contributed by atoms with Gasteiger partial charge in [0, 0.05) is 12.2 Å². The Kier molecular flexibility index (Phi) is 7.00. The molecule has 1 saturated heterocycles. The highest BCUT2D eigenvalue weighted by Crippen LogP contribution is 2.35. The van der Waals surface area contributed by atoms with Crippen LogP contribution in [0.1, 0.15) is 40.5 Å². The van der Waals surface area contributed by atoms with E-state index in [1.807, 2.05) is 13.8 Å². The molecule has 0 spiro atoms. The third-order valence-corrected chi connectivity index (χ3v) is 5.40. The summed E-state index contributed by atoms with van der Waals surface area (Å²) < 4.78 is 0. The van der Waals surface area contributed by atoms with Crippen molar-refractivity contribution in [2.45, 2.75) is 52.0 Å². The van der Waals surface area contributed by atoms with Crippen molar-refractivity contribution >= 4 is 23.6 Å². The monoisotopic (exact) mass is 316 g/mol. The first kappa shape index (κ1) is 18.3. The summed E-state index contributed by atoms with van der Waals surface area (Å²) in [7, 11) is 0. The van der Waals surface area contributed by atoms with Gasteiger partial charge in [0.1, 0.15) is 6.04 Å². The van der Waals surface area contributed by atoms with E-state index in [0.29, 0.717) is 24.6 Å². The fourth-order valence-corrected chi connectivity index (χ4v) is 4.32. The number of aliphatic carboxylic acids is 1. The van der Waals surface area contributed by atoms with Gasteiger partial charge in [0.05, 0.1) is 5.37 Å². The first-order valence-corrected chi connectivity index (χ1v) is 8.68. The Morgan fingerprint density at radius 3 is 2.38 bits per heavy atom. The maximum atomic E-state index is 12.6. The molecule has 1 fully saturated rings. The second-order valence-corrected chi connectivity index (χ2v) is 7.71. The molecule has 1 rings (SSSR count). The molecule has 0 aromatic heterocycles. The number of hydrogen-bond acceptors (Lipinski definition) is 4. The highest BCUT2D eigenvalue weighted by atomic mass is 32.2. The van der Waals surface area contributed by atoms with E-state index in [2.05, 4.69) is 13.8 Å². The molecule has 0 radical (unpaired) electrons. The molecule has 5 nitrogen and oxygen atoms in total. The molecule has 6 heteroatoms. The first-order valence-electron chi connectivity index (χ1n) is 7.63. The average Bonchev–Trinajstić information content (AvgIpc) is 2.82. The Balaban J connectivity index is 2.81. The molecule has 0 aromatic rings. The van der Waals surface area contributed by atoms with E-state index in [0.717, 1.165) is 6.42 Å². The fraction of sp³-hybridized carbons (Fsp3) is 0.867. The highest BCUT2D eigenvalue weighted by Gasteiger charge is 2.42. The lowest BCUT2D eigenvalue weighted by Crippen LogP contribution is -2.47. The van der Waals surface area contributed by atoms with Crippen LogP contribution < -0.4 is 5.73 Å². The van der Waals surface area contributed by atoms with E-state index in [-0.39, 0.29) is 23.1 Å². The van der Waals surface area contributed by atoms with Crippen LogP contribution in [0.15, 0.2) is 0 Å². The van der Waals surface area contributed by atoms with Gasteiger partial charge in [0.2, 0.25) is 5.91 Å². The molecule has 0 aliphatic carbocycles. The summed E-state index contributed by atoms with van der Waals surface area (Å²) in [6.45, 7) is 8.73. The van der Waals surface area contributed by atoms with Gasteiger partial charge in [0.25, 0.3) is 0 Å². The second-order valence-electron chi connectivity index (χ2n) is 6.56. The highest BCUT2D eigenvalue weighted by molar-refractivity contribution is 8.00. The van der Waals surface area contributed by atoms with Crippen LogP contribution in [0.2, 0.25) is 0 Å². The lowest BCUT2D eigenvalue weighted by Gasteiger charge is -2.31. The third kappa shape index (κ3) is 4.88. The van der Waals surface area contributed by atoms with Crippen LogP contribution in [-0.2, 0) is 9.59 Å². The largest absolute Gasteiger partial charge is 0.480 e. The van der Waals surface area contributed by atoms with Gasteiger partial charge in [-0.3, -0.25) is 4.79 Å². The van der Waals surface area contributed by atoms with Crippen molar-refractivity contribution in [2.24, 2.45) is 23.5 Å². The smallest absolute Gasteiger partial charge is 0.327 e. The van der Waals surface area contributed by atoms with Gasteiger partial charge in [-0.05, 0) is 30.7 Å². The SMILES string of the molecule is CC(C)C[C@H](CN)CC(=O)N1C(C(=O)O)CSC1C(C)C. The molecule has 21 heavy (non-hydrogen) atoms. The number of carboxylic acids is 1. The Morgan fingerprint density at radius 2 is 1.95 bits per heavy atom. The summed E-state index contributed by atoms with van der Waals surface area (Å²) in [5.41, 5.74) is 5.76. The summed E-state index contributed by atoms with van der Waals surface area (Å²) in [6, 6.07) is -0.702. The molecule has 122 valence electrons. The number of nitrogens with zero attached hydrogens (tertiary/aromatic N) is 1. The molecule has 1 aliphatic heterocycles. The molecule has 2 unspecified atom stereocenters. The van der Waals surface area contributed by atoms with E-state index >= 15 is 0 Å². The van der Waals surface area contributed by atoms with Crippen LogP contribution in [0.4, 0.5) is 0 Å². The normalized spacial score (nSPS) is 23.9. The van der Waals surface area contributed by atoms with Crippen molar-refractivity contribution in [1.29, 1.82) is 0 Å². The molecule has 1 heterocycles. The molecule has 3 N–H and O–H groups in total. The van der Waals surface area contributed by atoms with Crippen LogP contribution in [0, 0.1) is 17.8 Å². The van der Waals surface area contributed by atoms with Gasteiger partial charge in [-0.2, -0.15) is 0 Å². The number of carbonyl (C=O) groups is 2. The number of carboxylic acid groups (broad SMARTS) is 1. The van der Waals surface area contributed by atoms with Crippen molar-refractivity contribution in [3.05, 3.63) is 0 Å². The van der Waals surface area contributed by atoms with Crippen molar-refractivity contribution in [3.8, 4) is 0 Å². The summed E-state index contributed by atoms with van der Waals surface area (Å²) in [5.74, 6) is 0.349. The predicted molar refractivity (Wildman–Crippen MR) is 86.0 cm³/mol. The number of amides is 1. The number of hydrogen-bond donors (Lipinski definition) is 2. The van der Waals surface area contributed by atoms with Crippen molar-refractivity contribution in [2.75, 3.05) is 12.3 Å². The van der Waals surface area contributed by atoms with E-state index in [1.54, 1.807) is 16.7 Å². The van der Waals surface area contributed by atoms with E-state index < -0.39 is 12.0 Å². The third-order valence-electron chi connectivity index (χ3n) is 3.78. The average molecular weight is 316 g/mol. The van der Waals surface area contributed by atoms with Crippen LogP contribution in [-0.4, -0.2) is 45.6 Å². The van der Waals surface area contributed by atoms with Crippen LogP contribution >= 0.6 is 11.8 Å². The van der Waals surface area contributed by atoms with Gasteiger partial charge in [-0.25, -0.2) is 4.79 Å². The number of nitrogens with two attached hydrogens (primary N) is 1. The molecule has 3 atom stereocenters. The fourth-order valence-electron chi connectivity index (χ4n) is 2.83. The predicted octanol–water partition coefficient (Wildman–Crippen LogP) is 2.01. The van der Waals surface area contributed by atoms with Crippen molar-refractivity contribution in [3.63, 3.8) is 0 Å². The minimum Gasteiger partial charge on any atom is -0.480 e. The van der Waals surface area contributed by atoms with Gasteiger partial charge < -0.3 is 15.7 Å². The lowest BCUT2D eigenvalue weighted by molar-refractivity contribution is -0.150. The zero-order valence-corrected chi connectivity index (χ0v) is 14.2. The Labute approximate surface area is 131 Å². The van der Waals surface area contributed by atoms with E-state index in [4.69, 9.17) is 5.73 Å². The number of thioether (sulfide) groups is 1. The summed E-state index contributed by atoms with van der Waals surface area (Å²) in [6.07, 6.45) is 1.25. The topological polar surface area (TPSA) is 83.6 Å². The minimum absolute atomic E-state index is 0.0453. The zero-order valence-electron chi connectivity index (χ0n) is 13.4. The summed E-state index contributed by atoms with van der Waals surface area (Å²) in [4.78, 5) is 25.6. The second kappa shape index (κ2) is 8.03. The molecular formula is C15H28N2O3S. The van der Waals surface area contributed by atoms with Gasteiger partial charge >= 0.3 is 5.97 Å². The Bertz CT molecular complexity index is 374. The molecule has 0 aromatic carbocycles. The van der Waals surface area contributed by atoms with Crippen LogP contribution in [0.25, 0.3) is 0 Å². The molecule has 0 bridgehead atoms. The van der Waals surface area contributed by atoms with Crippen LogP contribution in [0.5, 0.6) is 0 Å². The molecule has 0 saturated carbocycles. The molecule has 1 aliphatic rings. The number of carbonyl (C=O) groups excluding carboxylic acids is 1. The van der Waals surface area contributed by atoms with E-state index in [9.17, 15) is 14.7 Å². The maximum absolute atomic E-state index is 12.6. The standard InChI is InChI=1S/C15H28N2O3S/c1-9(2)5-11(7-16)6-13(18)17-12(15(19)20)8-21-14(17)10(3)4/h9-12,14H,5-8,16H2,1-4H3,(H,19,20)/t11-,12?,14?/m0/s1. The van der Waals surface area contributed by atoms with Crippen LogP contribution in [0.3, 0.4) is 0 Å². The van der Waals surface area contributed by atoms with E-state index in [1.165, 1.54) is 0 Å². The maximum Gasteiger partial charge on any atom is 0.327 e. The quantitative estimate of drug-likeness (QED) is 0.750. The molecular weight excluding hydrogens is 288 g/mol. The van der Waals surface area contributed by atoms with Crippen molar-refractivity contribution < 1.29 is 14.7 Å². The first-order chi connectivity index (χ1) is 9.77. The summed E-state index contributed by atoms with van der Waals surface area (Å²) >= 11 is 1.56. The Hall–Kier alpha value is -0.750. The summed E-state index contributed by atoms with van der Waals surface area (Å²) in [5, 5.41) is 9.29. The zero-order chi connectivity index (χ0) is 16.2. The van der Waals surface area contributed by atoms with Gasteiger partial charge in [0.15, 0.2) is 0 Å². The minimum atomic E-state index is -0.910.